The second kappa shape index (κ2) is 7.12. The maximum Gasteiger partial charge on any atom is 0.176 e. The van der Waals surface area contributed by atoms with Gasteiger partial charge in [0.2, 0.25) is 0 Å². The standard InChI is InChI=1S/C11H18N4S4/c16-10(17)14(12-6-2-1-3-7-12)15(11(18)19)13-8-4-5-9-13/h4,8H,1-3,5-7,9H2,(H,16,17)(H,18,19). The lowest BCUT2D eigenvalue weighted by atomic mass is 10.2. The second-order valence-electron chi connectivity index (χ2n) is 4.49. The Morgan fingerprint density at radius 1 is 0.947 bits per heavy atom. The second-order valence-corrected chi connectivity index (χ2v) is 6.72. The highest BCUT2D eigenvalue weighted by Crippen LogP contribution is 2.21. The summed E-state index contributed by atoms with van der Waals surface area (Å²) in [5.41, 5.74) is 0. The minimum atomic E-state index is 0.466. The molecule has 1 fully saturated rings. The van der Waals surface area contributed by atoms with Crippen LogP contribution in [0.25, 0.3) is 0 Å². The van der Waals surface area contributed by atoms with E-state index in [1.54, 1.807) is 0 Å². The number of nitrogens with zero attached hydrogens (tertiary/aromatic N) is 4. The minimum Gasteiger partial charge on any atom is -0.271 e. The molecule has 0 aliphatic carbocycles. The molecular formula is C11H18N4S4. The van der Waals surface area contributed by atoms with Crippen molar-refractivity contribution in [1.82, 2.24) is 20.3 Å². The number of rotatable bonds is 2. The first-order valence-corrected chi connectivity index (χ1v) is 8.06. The lowest BCUT2D eigenvalue weighted by Gasteiger charge is -2.47. The molecular weight excluding hydrogens is 316 g/mol. The molecule has 8 heteroatoms. The van der Waals surface area contributed by atoms with Gasteiger partial charge in [0, 0.05) is 25.8 Å². The Balaban J connectivity index is 2.20. The molecule has 0 N–H and O–H groups in total. The fourth-order valence-electron chi connectivity index (χ4n) is 2.32. The predicted octanol–water partition coefficient (Wildman–Crippen LogP) is 2.47. The van der Waals surface area contributed by atoms with Gasteiger partial charge in [-0.3, -0.25) is 5.01 Å². The van der Waals surface area contributed by atoms with Gasteiger partial charge in [-0.05, 0) is 43.7 Å². The Kier molecular flexibility index (Phi) is 5.76. The highest BCUT2D eigenvalue weighted by atomic mass is 32.1. The van der Waals surface area contributed by atoms with E-state index in [-0.39, 0.29) is 0 Å². The normalized spacial score (nSPS) is 19.6. The molecule has 0 amide bonds. The van der Waals surface area contributed by atoms with Gasteiger partial charge in [0.25, 0.3) is 0 Å². The third kappa shape index (κ3) is 3.75. The Morgan fingerprint density at radius 3 is 2.05 bits per heavy atom. The van der Waals surface area contributed by atoms with Crippen molar-refractivity contribution in [1.29, 1.82) is 0 Å². The van der Waals surface area contributed by atoms with Gasteiger partial charge in [0.15, 0.2) is 8.64 Å². The van der Waals surface area contributed by atoms with Gasteiger partial charge in [0.1, 0.15) is 0 Å². The fourth-order valence-corrected chi connectivity index (χ4v) is 3.11. The van der Waals surface area contributed by atoms with E-state index < -0.39 is 0 Å². The molecule has 2 rings (SSSR count). The number of piperidine rings is 1. The van der Waals surface area contributed by atoms with E-state index >= 15 is 0 Å². The van der Waals surface area contributed by atoms with Crippen molar-refractivity contribution >= 4 is 58.3 Å². The third-order valence-electron chi connectivity index (χ3n) is 3.17. The number of hydrogen-bond acceptors (Lipinski definition) is 4. The molecule has 106 valence electrons. The van der Waals surface area contributed by atoms with Crippen LogP contribution in [0.15, 0.2) is 12.3 Å². The molecule has 2 aliphatic heterocycles. The van der Waals surface area contributed by atoms with Crippen molar-refractivity contribution in [2.24, 2.45) is 0 Å². The molecule has 0 aromatic rings. The molecule has 0 aromatic heterocycles. The van der Waals surface area contributed by atoms with E-state index in [9.17, 15) is 0 Å². The summed E-state index contributed by atoms with van der Waals surface area (Å²) in [4.78, 5) is 0. The molecule has 0 saturated carbocycles. The highest BCUT2D eigenvalue weighted by molar-refractivity contribution is 8.11. The monoisotopic (exact) mass is 334 g/mol. The van der Waals surface area contributed by atoms with E-state index in [2.05, 4.69) is 36.3 Å². The van der Waals surface area contributed by atoms with Crippen LogP contribution in [0.2, 0.25) is 0 Å². The first-order valence-electron chi connectivity index (χ1n) is 6.35. The third-order valence-corrected chi connectivity index (χ3v) is 3.85. The zero-order chi connectivity index (χ0) is 13.8. The maximum absolute atomic E-state index is 5.29. The predicted molar refractivity (Wildman–Crippen MR) is 92.7 cm³/mol. The molecule has 0 atom stereocenters. The van der Waals surface area contributed by atoms with Gasteiger partial charge in [-0.25, -0.2) is 0 Å². The number of hydrazine groups is 3. The number of thiol groups is 2. The Morgan fingerprint density at radius 2 is 1.58 bits per heavy atom. The summed E-state index contributed by atoms with van der Waals surface area (Å²) in [6.07, 6.45) is 8.70. The largest absolute Gasteiger partial charge is 0.271 e. The van der Waals surface area contributed by atoms with Gasteiger partial charge in [0.05, 0.1) is 0 Å². The Labute approximate surface area is 136 Å². The first-order chi connectivity index (χ1) is 9.11. The molecule has 1 saturated heterocycles. The molecule has 4 nitrogen and oxygen atoms in total. The summed E-state index contributed by atoms with van der Waals surface area (Å²) in [5.74, 6) is 0. The topological polar surface area (TPSA) is 13.0 Å². The quantitative estimate of drug-likeness (QED) is 0.454. The van der Waals surface area contributed by atoms with Crippen LogP contribution in [-0.2, 0) is 0 Å². The zero-order valence-corrected chi connectivity index (χ0v) is 14.0. The van der Waals surface area contributed by atoms with Crippen molar-refractivity contribution < 1.29 is 0 Å². The van der Waals surface area contributed by atoms with Crippen molar-refractivity contribution in [3.63, 3.8) is 0 Å². The average molecular weight is 335 g/mol. The SMILES string of the molecule is S=C(S)N(N1C=CCC1)N(C(=S)S)N1CCCCC1. The van der Waals surface area contributed by atoms with Crippen molar-refractivity contribution in [2.45, 2.75) is 25.7 Å². The molecule has 0 radical (unpaired) electrons. The summed E-state index contributed by atoms with van der Waals surface area (Å²) < 4.78 is 0.951. The Hall–Kier alpha value is -0.0200. The van der Waals surface area contributed by atoms with Crippen LogP contribution in [-0.4, -0.2) is 48.5 Å². The molecule has 2 heterocycles. The summed E-state index contributed by atoms with van der Waals surface area (Å²) in [5, 5.41) is 7.89. The molecule has 0 aromatic carbocycles. The average Bonchev–Trinajstić information content (AvgIpc) is 2.89. The van der Waals surface area contributed by atoms with Gasteiger partial charge in [-0.15, -0.1) is 25.3 Å². The van der Waals surface area contributed by atoms with E-state index in [1.807, 2.05) is 21.4 Å². The van der Waals surface area contributed by atoms with Crippen LogP contribution < -0.4 is 0 Å². The van der Waals surface area contributed by atoms with E-state index in [0.717, 1.165) is 38.9 Å². The van der Waals surface area contributed by atoms with Crippen molar-refractivity contribution in [3.8, 4) is 0 Å². The first kappa shape index (κ1) is 15.4. The van der Waals surface area contributed by atoms with Crippen LogP contribution in [0.4, 0.5) is 0 Å². The maximum atomic E-state index is 5.29. The van der Waals surface area contributed by atoms with Crippen LogP contribution in [0.3, 0.4) is 0 Å². The lowest BCUT2D eigenvalue weighted by Crippen LogP contribution is -2.61. The molecule has 0 spiro atoms. The highest BCUT2D eigenvalue weighted by Gasteiger charge is 2.30. The van der Waals surface area contributed by atoms with Crippen molar-refractivity contribution in [3.05, 3.63) is 12.3 Å². The van der Waals surface area contributed by atoms with Crippen LogP contribution >= 0.6 is 49.7 Å². The van der Waals surface area contributed by atoms with Crippen LogP contribution in [0.5, 0.6) is 0 Å². The molecule has 0 bridgehead atoms. The van der Waals surface area contributed by atoms with Crippen LogP contribution in [0, 0.1) is 0 Å². The van der Waals surface area contributed by atoms with Gasteiger partial charge in [-0.1, -0.05) is 12.5 Å². The van der Waals surface area contributed by atoms with Crippen LogP contribution in [0.1, 0.15) is 25.7 Å². The summed E-state index contributed by atoms with van der Waals surface area (Å²) in [6.45, 7) is 2.80. The summed E-state index contributed by atoms with van der Waals surface area (Å²) in [6, 6.07) is 0. The van der Waals surface area contributed by atoms with E-state index in [4.69, 9.17) is 24.4 Å². The smallest absolute Gasteiger partial charge is 0.176 e. The van der Waals surface area contributed by atoms with Gasteiger partial charge in [-0.2, -0.15) is 15.2 Å². The number of thiocarbonyl (C=S) groups is 2. The molecule has 19 heavy (non-hydrogen) atoms. The van der Waals surface area contributed by atoms with E-state index in [0.29, 0.717) is 8.64 Å². The van der Waals surface area contributed by atoms with Gasteiger partial charge >= 0.3 is 0 Å². The molecule has 2 aliphatic rings. The van der Waals surface area contributed by atoms with Crippen molar-refractivity contribution in [2.75, 3.05) is 19.6 Å². The number of hydrogen-bond donors (Lipinski definition) is 2. The summed E-state index contributed by atoms with van der Waals surface area (Å²) >= 11 is 19.3. The lowest BCUT2D eigenvalue weighted by molar-refractivity contribution is -0.164. The Bertz CT molecular complexity index is 381. The van der Waals surface area contributed by atoms with Gasteiger partial charge < -0.3 is 0 Å². The zero-order valence-electron chi connectivity index (χ0n) is 10.6. The fraction of sp³-hybridized carbons (Fsp3) is 0.636. The van der Waals surface area contributed by atoms with E-state index in [1.165, 1.54) is 6.42 Å². The molecule has 0 unspecified atom stereocenters. The summed E-state index contributed by atoms with van der Waals surface area (Å²) in [7, 11) is 0. The minimum absolute atomic E-state index is 0.466.